The maximum Gasteiger partial charge on any atom is 0.423 e. The Morgan fingerprint density at radius 1 is 1.24 bits per heavy atom. The number of aliphatic hydroxyl groups is 1. The number of nitrogens with one attached hydrogen (secondary N) is 3. The average molecular weight is 526 g/mol. The monoisotopic (exact) mass is 525 g/mol. The van der Waals surface area contributed by atoms with Crippen LogP contribution >= 0.6 is 0 Å². The van der Waals surface area contributed by atoms with Crippen LogP contribution in [-0.2, 0) is 15.7 Å². The number of aliphatic hydroxyl groups excluding tert-OH is 1. The molecule has 11 nitrogen and oxygen atoms in total. The number of hydrogen-bond donors (Lipinski definition) is 4. The molecular weight excluding hydrogens is 495 g/mol. The number of amides is 1. The zero-order valence-corrected chi connectivity index (χ0v) is 20.5. The second-order valence-electron chi connectivity index (χ2n) is 9.51. The number of halogens is 3. The molecule has 1 aliphatic carbocycles. The van der Waals surface area contributed by atoms with Gasteiger partial charge in [0.25, 0.3) is 5.56 Å². The van der Waals surface area contributed by atoms with Crippen LogP contribution in [-0.4, -0.2) is 75.2 Å². The Hall–Kier alpha value is -3.26. The van der Waals surface area contributed by atoms with Crippen LogP contribution in [0.3, 0.4) is 0 Å². The first-order valence-corrected chi connectivity index (χ1v) is 12.1. The van der Waals surface area contributed by atoms with E-state index in [9.17, 15) is 27.9 Å². The fourth-order valence-electron chi connectivity index (χ4n) is 4.16. The van der Waals surface area contributed by atoms with E-state index < -0.39 is 53.2 Å². The number of nitrogens with zero attached hydrogens (tertiary/aromatic N) is 4. The molecule has 4 atom stereocenters. The highest BCUT2D eigenvalue weighted by Gasteiger charge is 2.38. The normalized spacial score (nSPS) is 21.8. The van der Waals surface area contributed by atoms with Gasteiger partial charge in [0, 0.05) is 31.5 Å². The molecule has 1 saturated carbocycles. The van der Waals surface area contributed by atoms with Gasteiger partial charge in [-0.2, -0.15) is 18.3 Å². The quantitative estimate of drug-likeness (QED) is 0.382. The Labute approximate surface area is 210 Å². The lowest BCUT2D eigenvalue weighted by Gasteiger charge is -2.36. The highest BCUT2D eigenvalue weighted by molar-refractivity contribution is 5.80. The van der Waals surface area contributed by atoms with Gasteiger partial charge < -0.3 is 25.4 Å². The molecule has 4 N–H and O–H groups in total. The highest BCUT2D eigenvalue weighted by Crippen LogP contribution is 2.39. The molecule has 0 spiro atoms. The standard InChI is InChI=1S/C23H30F3N7O4/c1-12(30-17-9-29-32-21(36)19(17)23(24,25)26)11-37-13(2)20(35)31-16-5-6-33(10-18(16)34)22-27-7-15(8-28-22)14-3-4-14/h7-9,12-14,16,18,34H,3-6,10-11H2,1-2H3,(H,31,35)(H2,30,32,36)/t12-,13?,16+,18+/m0/s1. The predicted molar refractivity (Wildman–Crippen MR) is 127 cm³/mol. The van der Waals surface area contributed by atoms with E-state index in [1.165, 1.54) is 6.92 Å². The van der Waals surface area contributed by atoms with Crippen molar-refractivity contribution < 1.29 is 27.8 Å². The Bertz CT molecular complexity index is 1140. The molecule has 1 aliphatic heterocycles. The first-order chi connectivity index (χ1) is 17.5. The molecule has 2 fully saturated rings. The second kappa shape index (κ2) is 11.0. The summed E-state index contributed by atoms with van der Waals surface area (Å²) in [7, 11) is 0. The maximum absolute atomic E-state index is 13.2. The highest BCUT2D eigenvalue weighted by atomic mass is 19.4. The van der Waals surface area contributed by atoms with Crippen molar-refractivity contribution in [3.05, 3.63) is 40.1 Å². The molecule has 1 saturated heterocycles. The molecular formula is C23H30F3N7O4. The number of carbonyl (C=O) groups excluding carboxylic acids is 1. The van der Waals surface area contributed by atoms with E-state index in [1.54, 1.807) is 12.0 Å². The van der Waals surface area contributed by atoms with Gasteiger partial charge >= 0.3 is 6.18 Å². The molecule has 202 valence electrons. The van der Waals surface area contributed by atoms with Gasteiger partial charge in [-0.25, -0.2) is 15.1 Å². The number of alkyl halides is 3. The summed E-state index contributed by atoms with van der Waals surface area (Å²) in [6.45, 7) is 3.75. The Morgan fingerprint density at radius 3 is 2.57 bits per heavy atom. The zero-order valence-electron chi connectivity index (χ0n) is 20.5. The number of carbonyl (C=O) groups is 1. The van der Waals surface area contributed by atoms with Crippen molar-refractivity contribution >= 4 is 17.5 Å². The van der Waals surface area contributed by atoms with E-state index in [2.05, 4.69) is 25.7 Å². The van der Waals surface area contributed by atoms with Gasteiger partial charge in [-0.3, -0.25) is 9.59 Å². The van der Waals surface area contributed by atoms with Gasteiger partial charge in [-0.15, -0.1) is 0 Å². The number of piperidine rings is 1. The molecule has 14 heteroatoms. The van der Waals surface area contributed by atoms with Gasteiger partial charge in [0.2, 0.25) is 11.9 Å². The largest absolute Gasteiger partial charge is 0.423 e. The number of rotatable bonds is 9. The van der Waals surface area contributed by atoms with Crippen LogP contribution in [0.5, 0.6) is 0 Å². The van der Waals surface area contributed by atoms with Crippen LogP contribution in [0.2, 0.25) is 0 Å². The van der Waals surface area contributed by atoms with Crippen LogP contribution in [0.25, 0.3) is 0 Å². The molecule has 2 aromatic heterocycles. The zero-order chi connectivity index (χ0) is 26.7. The van der Waals surface area contributed by atoms with Crippen LogP contribution in [0.15, 0.2) is 23.4 Å². The van der Waals surface area contributed by atoms with Crippen molar-refractivity contribution in [2.75, 3.05) is 29.9 Å². The number of ether oxygens (including phenoxy) is 1. The molecule has 2 aromatic rings. The number of β-amino-alcohol motifs (C(OH)–C–C–N with tert-alkyl or cyclic N) is 1. The van der Waals surface area contributed by atoms with Crippen LogP contribution in [0.1, 0.15) is 50.2 Å². The lowest BCUT2D eigenvalue weighted by Crippen LogP contribution is -2.56. The first kappa shape index (κ1) is 26.8. The number of anilines is 2. The Kier molecular flexibility index (Phi) is 7.97. The fourth-order valence-corrected chi connectivity index (χ4v) is 4.16. The number of aromatic amines is 1. The van der Waals surface area contributed by atoms with Crippen molar-refractivity contribution in [1.82, 2.24) is 25.5 Å². The first-order valence-electron chi connectivity index (χ1n) is 12.1. The summed E-state index contributed by atoms with van der Waals surface area (Å²) in [4.78, 5) is 34.9. The summed E-state index contributed by atoms with van der Waals surface area (Å²) in [6, 6.07) is -1.16. The Balaban J connectivity index is 1.24. The van der Waals surface area contributed by atoms with E-state index in [0.717, 1.165) is 24.6 Å². The van der Waals surface area contributed by atoms with Crippen LogP contribution in [0, 0.1) is 0 Å². The maximum atomic E-state index is 13.2. The molecule has 2 aliphatic rings. The molecule has 1 unspecified atom stereocenters. The van der Waals surface area contributed by atoms with Crippen molar-refractivity contribution in [3.8, 4) is 0 Å². The van der Waals surface area contributed by atoms with Crippen molar-refractivity contribution in [1.29, 1.82) is 0 Å². The third kappa shape index (κ3) is 6.74. The van der Waals surface area contributed by atoms with Crippen LogP contribution < -0.4 is 21.1 Å². The minimum Gasteiger partial charge on any atom is -0.389 e. The summed E-state index contributed by atoms with van der Waals surface area (Å²) in [5.41, 5.74) is -2.10. The third-order valence-electron chi connectivity index (χ3n) is 6.41. The van der Waals surface area contributed by atoms with Gasteiger partial charge in [0.05, 0.1) is 30.6 Å². The molecule has 0 aromatic carbocycles. The van der Waals surface area contributed by atoms with E-state index in [1.807, 2.05) is 17.3 Å². The smallest absolute Gasteiger partial charge is 0.389 e. The minimum absolute atomic E-state index is 0.117. The summed E-state index contributed by atoms with van der Waals surface area (Å²) in [5.74, 6) is 0.639. The van der Waals surface area contributed by atoms with E-state index in [4.69, 9.17) is 4.74 Å². The minimum atomic E-state index is -4.87. The predicted octanol–water partition coefficient (Wildman–Crippen LogP) is 1.42. The number of H-pyrrole nitrogens is 1. The van der Waals surface area contributed by atoms with Crippen LogP contribution in [0.4, 0.5) is 24.8 Å². The number of aromatic nitrogens is 4. The summed E-state index contributed by atoms with van der Waals surface area (Å²) < 4.78 is 45.1. The molecule has 4 rings (SSSR count). The molecule has 0 bridgehead atoms. The van der Waals surface area contributed by atoms with E-state index >= 15 is 0 Å². The fraction of sp³-hybridized carbons (Fsp3) is 0.609. The van der Waals surface area contributed by atoms with Crippen molar-refractivity contribution in [3.63, 3.8) is 0 Å². The summed E-state index contributed by atoms with van der Waals surface area (Å²) in [6.07, 6.45) is 0.682. The SMILES string of the molecule is CC(OC[C@H](C)Nc1cn[nH]c(=O)c1C(F)(F)F)C(=O)N[C@@H]1CCN(c2ncc(C3CC3)cn2)C[C@H]1O. The molecule has 0 radical (unpaired) electrons. The lowest BCUT2D eigenvalue weighted by atomic mass is 10.0. The molecule has 3 heterocycles. The van der Waals surface area contributed by atoms with Gasteiger partial charge in [-0.05, 0) is 44.6 Å². The molecule has 1 amide bonds. The van der Waals surface area contributed by atoms with E-state index in [0.29, 0.717) is 24.8 Å². The average Bonchev–Trinajstić information content (AvgIpc) is 3.68. The molecule has 37 heavy (non-hydrogen) atoms. The van der Waals surface area contributed by atoms with Gasteiger partial charge in [-0.1, -0.05) is 0 Å². The van der Waals surface area contributed by atoms with Crippen molar-refractivity contribution in [2.45, 2.75) is 69.5 Å². The summed E-state index contributed by atoms with van der Waals surface area (Å²) in [5, 5.41) is 21.1. The number of hydrogen-bond acceptors (Lipinski definition) is 9. The van der Waals surface area contributed by atoms with E-state index in [-0.39, 0.29) is 13.2 Å². The second-order valence-corrected chi connectivity index (χ2v) is 9.51. The third-order valence-corrected chi connectivity index (χ3v) is 6.41. The lowest BCUT2D eigenvalue weighted by molar-refractivity contribution is -0.138. The summed E-state index contributed by atoms with van der Waals surface area (Å²) >= 11 is 0. The van der Waals surface area contributed by atoms with Crippen molar-refractivity contribution in [2.24, 2.45) is 0 Å². The topological polar surface area (TPSA) is 145 Å². The van der Waals surface area contributed by atoms with Gasteiger partial charge in [0.15, 0.2) is 0 Å². The Morgan fingerprint density at radius 2 is 1.95 bits per heavy atom. The van der Waals surface area contributed by atoms with Gasteiger partial charge in [0.1, 0.15) is 11.7 Å².